The summed E-state index contributed by atoms with van der Waals surface area (Å²) in [6.07, 6.45) is 1.40. The summed E-state index contributed by atoms with van der Waals surface area (Å²) >= 11 is 0. The zero-order chi connectivity index (χ0) is 7.61. The van der Waals surface area contributed by atoms with E-state index in [1.54, 1.807) is 0 Å². The smallest absolute Gasteiger partial charge is 0.112 e. The van der Waals surface area contributed by atoms with Gasteiger partial charge in [-0.3, -0.25) is 5.32 Å². The van der Waals surface area contributed by atoms with Crippen LogP contribution in [0.15, 0.2) is 0 Å². The Balaban J connectivity index is 0.000001000. The SMILES string of the molecule is CC(C)(C)C1NCCCO1.Cl. The van der Waals surface area contributed by atoms with E-state index in [1.165, 1.54) is 0 Å². The van der Waals surface area contributed by atoms with Gasteiger partial charge in [-0.1, -0.05) is 20.8 Å². The van der Waals surface area contributed by atoms with Crippen molar-refractivity contribution in [1.82, 2.24) is 5.32 Å². The average Bonchev–Trinajstić information content (AvgIpc) is 1.88. The molecule has 1 aliphatic rings. The number of hydrogen-bond donors (Lipinski definition) is 1. The molecule has 0 spiro atoms. The summed E-state index contributed by atoms with van der Waals surface area (Å²) in [4.78, 5) is 0. The van der Waals surface area contributed by atoms with E-state index in [1.807, 2.05) is 0 Å². The number of nitrogens with one attached hydrogen (secondary N) is 1. The van der Waals surface area contributed by atoms with Crippen molar-refractivity contribution in [1.29, 1.82) is 0 Å². The molecule has 0 aromatic carbocycles. The third-order valence-corrected chi connectivity index (χ3v) is 1.72. The maximum absolute atomic E-state index is 5.53. The van der Waals surface area contributed by atoms with Crippen LogP contribution < -0.4 is 5.32 Å². The Morgan fingerprint density at radius 2 is 2.00 bits per heavy atom. The Hall–Kier alpha value is 0.210. The predicted molar refractivity (Wildman–Crippen MR) is 49.1 cm³/mol. The van der Waals surface area contributed by atoms with E-state index in [4.69, 9.17) is 4.74 Å². The first-order chi connectivity index (χ1) is 4.61. The zero-order valence-electron chi connectivity index (χ0n) is 7.52. The van der Waals surface area contributed by atoms with Crippen LogP contribution in [0.1, 0.15) is 27.2 Å². The Kier molecular flexibility index (Phi) is 4.37. The average molecular weight is 180 g/mol. The summed E-state index contributed by atoms with van der Waals surface area (Å²) in [6, 6.07) is 0. The van der Waals surface area contributed by atoms with Gasteiger partial charge in [0.05, 0.1) is 0 Å². The molecule has 0 aliphatic carbocycles. The van der Waals surface area contributed by atoms with Gasteiger partial charge in [-0.25, -0.2) is 0 Å². The molecule has 0 aromatic heterocycles. The summed E-state index contributed by atoms with van der Waals surface area (Å²) in [5, 5.41) is 3.34. The fourth-order valence-corrected chi connectivity index (χ4v) is 1.12. The highest BCUT2D eigenvalue weighted by atomic mass is 35.5. The van der Waals surface area contributed by atoms with Crippen molar-refractivity contribution in [3.05, 3.63) is 0 Å². The van der Waals surface area contributed by atoms with Crippen molar-refractivity contribution in [2.24, 2.45) is 5.41 Å². The van der Waals surface area contributed by atoms with Gasteiger partial charge < -0.3 is 4.74 Å². The van der Waals surface area contributed by atoms with Crippen LogP contribution in [-0.2, 0) is 4.74 Å². The number of rotatable bonds is 0. The fraction of sp³-hybridized carbons (Fsp3) is 1.00. The lowest BCUT2D eigenvalue weighted by molar-refractivity contribution is -0.0622. The van der Waals surface area contributed by atoms with E-state index in [0.717, 1.165) is 19.6 Å². The summed E-state index contributed by atoms with van der Waals surface area (Å²) in [7, 11) is 0. The molecule has 1 saturated heterocycles. The molecular formula is C8H18ClNO. The lowest BCUT2D eigenvalue weighted by Gasteiger charge is -2.34. The van der Waals surface area contributed by atoms with Crippen molar-refractivity contribution < 1.29 is 4.74 Å². The molecule has 1 rings (SSSR count). The van der Waals surface area contributed by atoms with E-state index in [9.17, 15) is 0 Å². The molecule has 1 N–H and O–H groups in total. The van der Waals surface area contributed by atoms with Gasteiger partial charge >= 0.3 is 0 Å². The molecule has 0 amide bonds. The molecule has 0 aromatic rings. The molecule has 0 saturated carbocycles. The van der Waals surface area contributed by atoms with Crippen molar-refractivity contribution in [2.45, 2.75) is 33.4 Å². The largest absolute Gasteiger partial charge is 0.363 e. The maximum atomic E-state index is 5.53. The first-order valence-electron chi connectivity index (χ1n) is 3.96. The number of halogens is 1. The lowest BCUT2D eigenvalue weighted by atomic mass is 9.93. The van der Waals surface area contributed by atoms with Crippen molar-refractivity contribution in [3.63, 3.8) is 0 Å². The second-order valence-electron chi connectivity index (χ2n) is 3.92. The minimum atomic E-state index is 0. The monoisotopic (exact) mass is 179 g/mol. The van der Waals surface area contributed by atoms with Crippen LogP contribution in [-0.4, -0.2) is 19.4 Å². The van der Waals surface area contributed by atoms with Crippen molar-refractivity contribution in [2.75, 3.05) is 13.2 Å². The highest BCUT2D eigenvalue weighted by molar-refractivity contribution is 5.85. The lowest BCUT2D eigenvalue weighted by Crippen LogP contribution is -2.46. The summed E-state index contributed by atoms with van der Waals surface area (Å²) in [5.74, 6) is 0. The minimum absolute atomic E-state index is 0. The van der Waals surface area contributed by atoms with E-state index >= 15 is 0 Å². The van der Waals surface area contributed by atoms with Crippen LogP contribution in [0.3, 0.4) is 0 Å². The Labute approximate surface area is 75.1 Å². The Morgan fingerprint density at radius 3 is 2.27 bits per heavy atom. The van der Waals surface area contributed by atoms with Crippen LogP contribution in [0.4, 0.5) is 0 Å². The second-order valence-corrected chi connectivity index (χ2v) is 3.92. The molecule has 1 atom stereocenters. The summed E-state index contributed by atoms with van der Waals surface area (Å²) < 4.78 is 5.53. The maximum Gasteiger partial charge on any atom is 0.112 e. The Bertz CT molecular complexity index is 105. The van der Waals surface area contributed by atoms with Crippen molar-refractivity contribution in [3.8, 4) is 0 Å². The van der Waals surface area contributed by atoms with Crippen LogP contribution >= 0.6 is 12.4 Å². The molecule has 1 heterocycles. The van der Waals surface area contributed by atoms with Gasteiger partial charge in [-0.05, 0) is 13.0 Å². The van der Waals surface area contributed by atoms with Gasteiger partial charge in [0.2, 0.25) is 0 Å². The van der Waals surface area contributed by atoms with Crippen LogP contribution in [0.2, 0.25) is 0 Å². The first-order valence-corrected chi connectivity index (χ1v) is 3.96. The van der Waals surface area contributed by atoms with Gasteiger partial charge in [0.1, 0.15) is 6.23 Å². The zero-order valence-corrected chi connectivity index (χ0v) is 8.33. The molecule has 1 aliphatic heterocycles. The van der Waals surface area contributed by atoms with E-state index < -0.39 is 0 Å². The predicted octanol–water partition coefficient (Wildman–Crippen LogP) is 1.79. The number of hydrogen-bond acceptors (Lipinski definition) is 2. The van der Waals surface area contributed by atoms with E-state index in [2.05, 4.69) is 26.1 Å². The fourth-order valence-electron chi connectivity index (χ4n) is 1.12. The first kappa shape index (κ1) is 11.2. The van der Waals surface area contributed by atoms with Crippen LogP contribution in [0.25, 0.3) is 0 Å². The molecule has 0 bridgehead atoms. The Morgan fingerprint density at radius 1 is 1.36 bits per heavy atom. The van der Waals surface area contributed by atoms with Gasteiger partial charge in [0, 0.05) is 12.0 Å². The molecular weight excluding hydrogens is 162 g/mol. The summed E-state index contributed by atoms with van der Waals surface area (Å²) in [6.45, 7) is 8.58. The molecule has 2 nitrogen and oxygen atoms in total. The van der Waals surface area contributed by atoms with Crippen molar-refractivity contribution >= 4 is 12.4 Å². The van der Waals surface area contributed by atoms with Gasteiger partial charge in [0.15, 0.2) is 0 Å². The standard InChI is InChI=1S/C8H17NO.ClH/c1-8(2,3)7-9-5-4-6-10-7;/h7,9H,4-6H2,1-3H3;1H. The minimum Gasteiger partial charge on any atom is -0.363 e. The topological polar surface area (TPSA) is 21.3 Å². The van der Waals surface area contributed by atoms with Crippen LogP contribution in [0.5, 0.6) is 0 Å². The molecule has 68 valence electrons. The quantitative estimate of drug-likeness (QED) is 0.613. The molecule has 1 fully saturated rings. The second kappa shape index (κ2) is 4.29. The highest BCUT2D eigenvalue weighted by Gasteiger charge is 2.26. The third kappa shape index (κ3) is 3.41. The van der Waals surface area contributed by atoms with Gasteiger partial charge in [0.25, 0.3) is 0 Å². The van der Waals surface area contributed by atoms with E-state index in [0.29, 0.717) is 0 Å². The molecule has 0 radical (unpaired) electrons. The number of ether oxygens (including phenoxy) is 1. The van der Waals surface area contributed by atoms with Crippen LogP contribution in [0, 0.1) is 5.41 Å². The van der Waals surface area contributed by atoms with E-state index in [-0.39, 0.29) is 24.0 Å². The molecule has 3 heteroatoms. The molecule has 11 heavy (non-hydrogen) atoms. The highest BCUT2D eigenvalue weighted by Crippen LogP contribution is 2.21. The normalized spacial score (nSPS) is 25.9. The van der Waals surface area contributed by atoms with Gasteiger partial charge in [-0.2, -0.15) is 0 Å². The third-order valence-electron chi connectivity index (χ3n) is 1.72. The molecule has 1 unspecified atom stereocenters. The summed E-state index contributed by atoms with van der Waals surface area (Å²) in [5.41, 5.74) is 0.237. The van der Waals surface area contributed by atoms with Gasteiger partial charge in [-0.15, -0.1) is 12.4 Å².